The minimum atomic E-state index is 0.750. The second-order valence-electron chi connectivity index (χ2n) is 4.42. The van der Waals surface area contributed by atoms with E-state index in [1.165, 1.54) is 5.56 Å². The molecule has 1 N–H and O–H groups in total. The molecule has 0 radical (unpaired) electrons. The van der Waals surface area contributed by atoms with E-state index in [2.05, 4.69) is 27.3 Å². The van der Waals surface area contributed by atoms with Crippen LogP contribution in [-0.2, 0) is 11.3 Å². The van der Waals surface area contributed by atoms with Crippen molar-refractivity contribution < 1.29 is 4.74 Å². The van der Waals surface area contributed by atoms with Crippen molar-refractivity contribution >= 4 is 0 Å². The van der Waals surface area contributed by atoms with Gasteiger partial charge in [0.15, 0.2) is 0 Å². The fraction of sp³-hybridized carbons (Fsp3) is 0.615. The highest BCUT2D eigenvalue weighted by Crippen LogP contribution is 1.97. The smallest absolute Gasteiger partial charge is 0.0593 e. The number of rotatable bonds is 8. The van der Waals surface area contributed by atoms with E-state index >= 15 is 0 Å². The van der Waals surface area contributed by atoms with Crippen LogP contribution in [0.25, 0.3) is 0 Å². The van der Waals surface area contributed by atoms with Gasteiger partial charge >= 0.3 is 0 Å². The predicted molar refractivity (Wildman–Crippen MR) is 70.1 cm³/mol. The van der Waals surface area contributed by atoms with Crippen LogP contribution in [0.15, 0.2) is 18.3 Å². The highest BCUT2D eigenvalue weighted by Gasteiger charge is 1.94. The number of nitrogens with one attached hydrogen (secondary N) is 1. The van der Waals surface area contributed by atoms with Gasteiger partial charge in [-0.3, -0.25) is 4.98 Å². The summed E-state index contributed by atoms with van der Waals surface area (Å²) in [6.07, 6.45) is 1.89. The minimum absolute atomic E-state index is 0.750. The molecule has 1 aromatic rings. The average Bonchev–Trinajstić information content (AvgIpc) is 2.30. The molecular formula is C13H23N3O. The Kier molecular flexibility index (Phi) is 6.77. The summed E-state index contributed by atoms with van der Waals surface area (Å²) in [5, 5.41) is 3.31. The van der Waals surface area contributed by atoms with Crippen molar-refractivity contribution in [1.29, 1.82) is 0 Å². The van der Waals surface area contributed by atoms with Gasteiger partial charge in [0.05, 0.1) is 18.9 Å². The number of hydrogen-bond donors (Lipinski definition) is 1. The van der Waals surface area contributed by atoms with Gasteiger partial charge in [0.2, 0.25) is 0 Å². The zero-order valence-electron chi connectivity index (χ0n) is 11.1. The molecule has 0 amide bonds. The van der Waals surface area contributed by atoms with Crippen molar-refractivity contribution in [3.63, 3.8) is 0 Å². The quantitative estimate of drug-likeness (QED) is 0.686. The van der Waals surface area contributed by atoms with Crippen LogP contribution in [0.2, 0.25) is 0 Å². The lowest BCUT2D eigenvalue weighted by atomic mass is 10.3. The fourth-order valence-corrected chi connectivity index (χ4v) is 1.31. The van der Waals surface area contributed by atoms with Crippen molar-refractivity contribution in [1.82, 2.24) is 15.2 Å². The fourth-order valence-electron chi connectivity index (χ4n) is 1.31. The second kappa shape index (κ2) is 8.17. The number of hydrogen-bond acceptors (Lipinski definition) is 4. The molecule has 0 spiro atoms. The number of nitrogens with zero attached hydrogens (tertiary/aromatic N) is 2. The summed E-state index contributed by atoms with van der Waals surface area (Å²) in [5.41, 5.74) is 2.27. The molecule has 0 aromatic carbocycles. The third-order valence-corrected chi connectivity index (χ3v) is 2.38. The second-order valence-corrected chi connectivity index (χ2v) is 4.42. The van der Waals surface area contributed by atoms with E-state index in [1.807, 2.05) is 27.2 Å². The molecule has 96 valence electrons. The Bertz CT molecular complexity index is 298. The van der Waals surface area contributed by atoms with Gasteiger partial charge in [-0.15, -0.1) is 0 Å². The predicted octanol–water partition coefficient (Wildman–Crippen LogP) is 1.06. The summed E-state index contributed by atoms with van der Waals surface area (Å²) in [6, 6.07) is 4.13. The van der Waals surface area contributed by atoms with E-state index in [0.717, 1.165) is 38.5 Å². The lowest BCUT2D eigenvalue weighted by Crippen LogP contribution is -2.23. The molecule has 0 fully saturated rings. The van der Waals surface area contributed by atoms with E-state index < -0.39 is 0 Å². The Morgan fingerprint density at radius 1 is 1.29 bits per heavy atom. The molecule has 4 nitrogen and oxygen atoms in total. The van der Waals surface area contributed by atoms with Crippen molar-refractivity contribution in [2.75, 3.05) is 40.4 Å². The van der Waals surface area contributed by atoms with Crippen LogP contribution < -0.4 is 5.32 Å². The molecule has 0 aliphatic carbocycles. The summed E-state index contributed by atoms with van der Waals surface area (Å²) in [7, 11) is 4.09. The van der Waals surface area contributed by atoms with Crippen molar-refractivity contribution in [3.8, 4) is 0 Å². The first-order valence-corrected chi connectivity index (χ1v) is 6.03. The molecule has 0 aliphatic heterocycles. The molecule has 4 heteroatoms. The van der Waals surface area contributed by atoms with Crippen LogP contribution in [0, 0.1) is 6.92 Å². The standard InChI is InChI=1S/C13H23N3O/c1-12-4-5-13(15-10-12)11-14-6-8-17-9-7-16(2)3/h4-5,10,14H,6-9,11H2,1-3H3. The molecule has 0 saturated heterocycles. The molecule has 0 aliphatic rings. The highest BCUT2D eigenvalue weighted by molar-refractivity contribution is 5.11. The molecule has 1 heterocycles. The molecule has 1 rings (SSSR count). The van der Waals surface area contributed by atoms with Gasteiger partial charge < -0.3 is 15.0 Å². The summed E-state index contributed by atoms with van der Waals surface area (Å²) in [4.78, 5) is 6.44. The van der Waals surface area contributed by atoms with Crippen LogP contribution in [-0.4, -0.2) is 50.3 Å². The topological polar surface area (TPSA) is 37.4 Å². The monoisotopic (exact) mass is 237 g/mol. The lowest BCUT2D eigenvalue weighted by molar-refractivity contribution is 0.119. The molecule has 0 atom stereocenters. The number of aryl methyl sites for hydroxylation is 1. The number of aromatic nitrogens is 1. The summed E-state index contributed by atoms with van der Waals surface area (Å²) in [5.74, 6) is 0. The zero-order valence-corrected chi connectivity index (χ0v) is 11.1. The Morgan fingerprint density at radius 3 is 2.76 bits per heavy atom. The van der Waals surface area contributed by atoms with Crippen LogP contribution in [0.3, 0.4) is 0 Å². The Hall–Kier alpha value is -0.970. The summed E-state index contributed by atoms with van der Waals surface area (Å²) < 4.78 is 5.48. The van der Waals surface area contributed by atoms with Gasteiger partial charge in [-0.05, 0) is 32.6 Å². The SMILES string of the molecule is Cc1ccc(CNCCOCCN(C)C)nc1. The first-order valence-electron chi connectivity index (χ1n) is 6.03. The first-order chi connectivity index (χ1) is 8.18. The van der Waals surface area contributed by atoms with Gasteiger partial charge in [0.25, 0.3) is 0 Å². The van der Waals surface area contributed by atoms with Crippen LogP contribution in [0.4, 0.5) is 0 Å². The summed E-state index contributed by atoms with van der Waals surface area (Å²) >= 11 is 0. The zero-order chi connectivity index (χ0) is 12.5. The Balaban J connectivity index is 1.99. The van der Waals surface area contributed by atoms with Gasteiger partial charge in [0, 0.05) is 25.8 Å². The van der Waals surface area contributed by atoms with Gasteiger partial charge in [-0.25, -0.2) is 0 Å². The molecule has 0 unspecified atom stereocenters. The van der Waals surface area contributed by atoms with Crippen LogP contribution in [0.5, 0.6) is 0 Å². The number of pyridine rings is 1. The molecule has 0 bridgehead atoms. The maximum Gasteiger partial charge on any atom is 0.0593 e. The van der Waals surface area contributed by atoms with Gasteiger partial charge in [-0.1, -0.05) is 6.07 Å². The van der Waals surface area contributed by atoms with Crippen molar-refractivity contribution in [3.05, 3.63) is 29.6 Å². The Labute approximate surface area is 104 Å². The normalized spacial score (nSPS) is 11.1. The van der Waals surface area contributed by atoms with E-state index in [4.69, 9.17) is 4.74 Å². The van der Waals surface area contributed by atoms with Crippen LogP contribution >= 0.6 is 0 Å². The van der Waals surface area contributed by atoms with Gasteiger partial charge in [0.1, 0.15) is 0 Å². The number of likely N-dealkylation sites (N-methyl/N-ethyl adjacent to an activating group) is 1. The average molecular weight is 237 g/mol. The van der Waals surface area contributed by atoms with E-state index in [-0.39, 0.29) is 0 Å². The number of ether oxygens (including phenoxy) is 1. The van der Waals surface area contributed by atoms with Crippen molar-refractivity contribution in [2.45, 2.75) is 13.5 Å². The molecule has 17 heavy (non-hydrogen) atoms. The van der Waals surface area contributed by atoms with E-state index in [1.54, 1.807) is 0 Å². The molecular weight excluding hydrogens is 214 g/mol. The maximum atomic E-state index is 5.48. The largest absolute Gasteiger partial charge is 0.379 e. The third kappa shape index (κ3) is 7.05. The lowest BCUT2D eigenvalue weighted by Gasteiger charge is -2.10. The van der Waals surface area contributed by atoms with Crippen LogP contribution in [0.1, 0.15) is 11.3 Å². The molecule has 0 saturated carbocycles. The van der Waals surface area contributed by atoms with Crippen molar-refractivity contribution in [2.24, 2.45) is 0 Å². The highest BCUT2D eigenvalue weighted by atomic mass is 16.5. The van der Waals surface area contributed by atoms with E-state index in [0.29, 0.717) is 0 Å². The van der Waals surface area contributed by atoms with E-state index in [9.17, 15) is 0 Å². The molecule has 1 aromatic heterocycles. The Morgan fingerprint density at radius 2 is 2.12 bits per heavy atom. The maximum absolute atomic E-state index is 5.48. The van der Waals surface area contributed by atoms with Gasteiger partial charge in [-0.2, -0.15) is 0 Å². The minimum Gasteiger partial charge on any atom is -0.379 e. The first kappa shape index (κ1) is 14.1. The third-order valence-electron chi connectivity index (χ3n) is 2.38. The summed E-state index contributed by atoms with van der Waals surface area (Å²) in [6.45, 7) is 6.22.